The van der Waals surface area contributed by atoms with Gasteiger partial charge in [0.15, 0.2) is 0 Å². The number of amides is 1. The Labute approximate surface area is 157 Å². The Hall–Kier alpha value is -3.02. The Bertz CT molecular complexity index is 905. The average molecular weight is 365 g/mol. The predicted molar refractivity (Wildman–Crippen MR) is 99.9 cm³/mol. The van der Waals surface area contributed by atoms with Gasteiger partial charge in [-0.05, 0) is 43.2 Å². The molecule has 1 heterocycles. The monoisotopic (exact) mass is 364 g/mol. The largest absolute Gasteiger partial charge is 0.381 e. The quantitative estimate of drug-likeness (QED) is 0.898. The summed E-state index contributed by atoms with van der Waals surface area (Å²) < 4.78 is 0. The summed E-state index contributed by atoms with van der Waals surface area (Å²) in [5, 5.41) is 22.0. The van der Waals surface area contributed by atoms with Crippen LogP contribution in [0.15, 0.2) is 42.5 Å². The van der Waals surface area contributed by atoms with Crippen molar-refractivity contribution in [2.45, 2.75) is 18.9 Å². The fourth-order valence-electron chi connectivity index (χ4n) is 3.08. The number of para-hydroxylation sites is 1. The molecule has 1 fully saturated rings. The molecular weight excluding hydrogens is 348 g/mol. The highest BCUT2D eigenvalue weighted by atomic mass is 35.5. The maximum atomic E-state index is 12.7. The number of carbonyl (C=O) groups excluding carboxylic acids is 1. The summed E-state index contributed by atoms with van der Waals surface area (Å²) in [4.78, 5) is 14.5. The van der Waals surface area contributed by atoms with Gasteiger partial charge < -0.3 is 10.2 Å². The van der Waals surface area contributed by atoms with Gasteiger partial charge in [0.25, 0.3) is 5.91 Å². The Morgan fingerprint density at radius 2 is 1.85 bits per heavy atom. The second-order valence-electron chi connectivity index (χ2n) is 6.17. The first-order valence-electron chi connectivity index (χ1n) is 8.37. The second-order valence-corrected chi connectivity index (χ2v) is 6.58. The van der Waals surface area contributed by atoms with Crippen molar-refractivity contribution in [1.82, 2.24) is 4.90 Å². The smallest absolute Gasteiger partial charge is 0.255 e. The number of halogens is 1. The molecule has 0 radical (unpaired) electrons. The van der Waals surface area contributed by atoms with E-state index in [1.807, 2.05) is 24.3 Å². The zero-order valence-corrected chi connectivity index (χ0v) is 14.8. The molecule has 0 bridgehead atoms. The third-order valence-corrected chi connectivity index (χ3v) is 4.84. The van der Waals surface area contributed by atoms with Crippen molar-refractivity contribution in [3.63, 3.8) is 0 Å². The summed E-state index contributed by atoms with van der Waals surface area (Å²) in [6, 6.07) is 16.5. The Morgan fingerprint density at radius 1 is 1.12 bits per heavy atom. The molecule has 2 aromatic carbocycles. The molecule has 1 N–H and O–H groups in total. The van der Waals surface area contributed by atoms with Crippen LogP contribution in [-0.4, -0.2) is 29.9 Å². The maximum Gasteiger partial charge on any atom is 0.255 e. The molecule has 1 aliphatic heterocycles. The molecule has 1 aliphatic rings. The molecule has 3 rings (SSSR count). The number of rotatable bonds is 3. The number of benzene rings is 2. The highest BCUT2D eigenvalue weighted by molar-refractivity contribution is 6.33. The van der Waals surface area contributed by atoms with E-state index < -0.39 is 0 Å². The molecule has 1 amide bonds. The van der Waals surface area contributed by atoms with Gasteiger partial charge in [0.05, 0.1) is 33.5 Å². The van der Waals surface area contributed by atoms with Crippen molar-refractivity contribution in [2.75, 3.05) is 18.4 Å². The molecule has 0 saturated carbocycles. The number of piperidine rings is 1. The van der Waals surface area contributed by atoms with E-state index in [0.717, 1.165) is 18.5 Å². The number of anilines is 1. The van der Waals surface area contributed by atoms with E-state index in [9.17, 15) is 10.1 Å². The molecule has 130 valence electrons. The Kier molecular flexibility index (Phi) is 5.41. The average Bonchev–Trinajstić information content (AvgIpc) is 2.69. The van der Waals surface area contributed by atoms with Crippen LogP contribution in [0.1, 0.15) is 34.3 Å². The van der Waals surface area contributed by atoms with Crippen LogP contribution in [0.25, 0.3) is 0 Å². The molecule has 0 unspecified atom stereocenters. The van der Waals surface area contributed by atoms with Crippen molar-refractivity contribution in [3.8, 4) is 12.1 Å². The van der Waals surface area contributed by atoms with Gasteiger partial charge in [-0.3, -0.25) is 4.79 Å². The molecule has 6 heteroatoms. The fourth-order valence-corrected chi connectivity index (χ4v) is 3.28. The molecule has 5 nitrogen and oxygen atoms in total. The normalized spacial score (nSPS) is 14.3. The number of carbonyl (C=O) groups is 1. The van der Waals surface area contributed by atoms with Crippen molar-refractivity contribution < 1.29 is 4.79 Å². The van der Waals surface area contributed by atoms with E-state index in [1.165, 1.54) is 6.07 Å². The minimum absolute atomic E-state index is 0.150. The van der Waals surface area contributed by atoms with Crippen LogP contribution in [0, 0.1) is 22.7 Å². The van der Waals surface area contributed by atoms with E-state index in [4.69, 9.17) is 16.9 Å². The minimum atomic E-state index is -0.150. The first-order valence-corrected chi connectivity index (χ1v) is 8.74. The zero-order valence-electron chi connectivity index (χ0n) is 14.1. The van der Waals surface area contributed by atoms with Crippen LogP contribution in [0.4, 0.5) is 5.69 Å². The van der Waals surface area contributed by atoms with Gasteiger partial charge in [-0.15, -0.1) is 0 Å². The lowest BCUT2D eigenvalue weighted by Crippen LogP contribution is -2.42. The fraction of sp³-hybridized carbons (Fsp3) is 0.250. The van der Waals surface area contributed by atoms with Gasteiger partial charge in [0, 0.05) is 19.1 Å². The lowest BCUT2D eigenvalue weighted by molar-refractivity contribution is 0.0718. The third kappa shape index (κ3) is 3.79. The first-order chi connectivity index (χ1) is 12.6. The van der Waals surface area contributed by atoms with E-state index >= 15 is 0 Å². The highest BCUT2D eigenvalue weighted by Crippen LogP contribution is 2.23. The van der Waals surface area contributed by atoms with Crippen LogP contribution < -0.4 is 5.32 Å². The van der Waals surface area contributed by atoms with Crippen LogP contribution in [-0.2, 0) is 0 Å². The van der Waals surface area contributed by atoms with Gasteiger partial charge in [-0.25, -0.2) is 0 Å². The number of nitrogens with zero attached hydrogens (tertiary/aromatic N) is 3. The minimum Gasteiger partial charge on any atom is -0.381 e. The van der Waals surface area contributed by atoms with Crippen molar-refractivity contribution >= 4 is 23.2 Å². The van der Waals surface area contributed by atoms with Gasteiger partial charge >= 0.3 is 0 Å². The van der Waals surface area contributed by atoms with E-state index in [1.54, 1.807) is 23.1 Å². The maximum absolute atomic E-state index is 12.7. The summed E-state index contributed by atoms with van der Waals surface area (Å²) in [6.45, 7) is 1.19. The Balaban J connectivity index is 1.65. The zero-order chi connectivity index (χ0) is 18.5. The van der Waals surface area contributed by atoms with Gasteiger partial charge in [0.1, 0.15) is 6.07 Å². The Morgan fingerprint density at radius 3 is 2.54 bits per heavy atom. The molecule has 0 atom stereocenters. The number of hydrogen-bond acceptors (Lipinski definition) is 4. The topological polar surface area (TPSA) is 79.9 Å². The summed E-state index contributed by atoms with van der Waals surface area (Å²) in [5.41, 5.74) is 2.23. The van der Waals surface area contributed by atoms with E-state index in [-0.39, 0.29) is 11.9 Å². The number of likely N-dealkylation sites (tertiary alicyclic amines) is 1. The molecule has 0 aromatic heterocycles. The number of nitrogens with one attached hydrogen (secondary N) is 1. The van der Waals surface area contributed by atoms with E-state index in [2.05, 4.69) is 11.4 Å². The lowest BCUT2D eigenvalue weighted by Gasteiger charge is -2.33. The predicted octanol–water partition coefficient (Wildman–Crippen LogP) is 3.80. The number of nitriles is 2. The molecular formula is C20H17ClN4O. The highest BCUT2D eigenvalue weighted by Gasteiger charge is 2.25. The molecule has 26 heavy (non-hydrogen) atoms. The standard InChI is InChI=1S/C20H17ClN4O/c21-18-6-5-14(12-22)11-17(18)20(26)25-9-7-16(8-10-25)24-19-4-2-1-3-15(19)13-23/h1-6,11,16,24H,7-10H2. The van der Waals surface area contributed by atoms with Crippen LogP contribution >= 0.6 is 11.6 Å². The molecule has 0 spiro atoms. The summed E-state index contributed by atoms with van der Waals surface area (Å²) >= 11 is 6.14. The first kappa shape index (κ1) is 17.8. The van der Waals surface area contributed by atoms with Crippen molar-refractivity contribution in [1.29, 1.82) is 10.5 Å². The number of hydrogen-bond donors (Lipinski definition) is 1. The van der Waals surface area contributed by atoms with Crippen LogP contribution in [0.3, 0.4) is 0 Å². The molecule has 1 saturated heterocycles. The van der Waals surface area contributed by atoms with Gasteiger partial charge in [-0.1, -0.05) is 23.7 Å². The van der Waals surface area contributed by atoms with E-state index in [0.29, 0.717) is 34.8 Å². The van der Waals surface area contributed by atoms with Crippen LogP contribution in [0.2, 0.25) is 5.02 Å². The third-order valence-electron chi connectivity index (χ3n) is 4.52. The lowest BCUT2D eigenvalue weighted by atomic mass is 10.0. The van der Waals surface area contributed by atoms with Gasteiger partial charge in [-0.2, -0.15) is 10.5 Å². The van der Waals surface area contributed by atoms with Crippen molar-refractivity contribution in [3.05, 3.63) is 64.2 Å². The van der Waals surface area contributed by atoms with Gasteiger partial charge in [0.2, 0.25) is 0 Å². The summed E-state index contributed by atoms with van der Waals surface area (Å²) in [6.07, 6.45) is 1.56. The summed E-state index contributed by atoms with van der Waals surface area (Å²) in [7, 11) is 0. The van der Waals surface area contributed by atoms with Crippen molar-refractivity contribution in [2.24, 2.45) is 0 Å². The molecule has 0 aliphatic carbocycles. The molecule has 2 aromatic rings. The SMILES string of the molecule is N#Cc1ccc(Cl)c(C(=O)N2CCC(Nc3ccccc3C#N)CC2)c1. The van der Waals surface area contributed by atoms with Crippen LogP contribution in [0.5, 0.6) is 0 Å². The summed E-state index contributed by atoms with van der Waals surface area (Å²) in [5.74, 6) is -0.150. The second kappa shape index (κ2) is 7.91.